The molecule has 0 saturated heterocycles. The second-order valence-electron chi connectivity index (χ2n) is 2.72. The van der Waals surface area contributed by atoms with Gasteiger partial charge in [-0.2, -0.15) is 0 Å². The molecule has 0 amide bonds. The Bertz CT molecular complexity index is 423. The highest BCUT2D eigenvalue weighted by atomic mass is 32.1. The van der Waals surface area contributed by atoms with E-state index < -0.39 is 0 Å². The first kappa shape index (κ1) is 7.50. The number of benzene rings is 2. The Balaban J connectivity index is 2.91. The van der Waals surface area contributed by atoms with Crippen molar-refractivity contribution in [1.29, 1.82) is 0 Å². The minimum Gasteiger partial charge on any atom is -0.398 e. The van der Waals surface area contributed by atoms with Crippen LogP contribution in [0, 0.1) is 0 Å². The number of thiol groups is 1. The molecule has 0 aliphatic rings. The van der Waals surface area contributed by atoms with E-state index >= 15 is 0 Å². The van der Waals surface area contributed by atoms with Crippen LogP contribution in [0.25, 0.3) is 10.8 Å². The lowest BCUT2D eigenvalue weighted by molar-refractivity contribution is 1.55. The molecule has 0 aliphatic heterocycles. The van der Waals surface area contributed by atoms with Crippen LogP contribution in [0.5, 0.6) is 0 Å². The standard InChI is InChI=1S/C10H9NS/c11-9-6-5-7-3-1-2-4-8(7)10(9)12/h1-6,12H,11H2. The Morgan fingerprint density at radius 1 is 1.00 bits per heavy atom. The predicted molar refractivity (Wildman–Crippen MR) is 55.6 cm³/mol. The van der Waals surface area contributed by atoms with E-state index in [1.54, 1.807) is 0 Å². The lowest BCUT2D eigenvalue weighted by Gasteiger charge is -2.03. The molecule has 0 saturated carbocycles. The maximum atomic E-state index is 5.71. The van der Waals surface area contributed by atoms with Gasteiger partial charge in [0.05, 0.1) is 0 Å². The molecule has 0 aliphatic carbocycles. The highest BCUT2D eigenvalue weighted by molar-refractivity contribution is 7.80. The molecule has 12 heavy (non-hydrogen) atoms. The number of hydrogen-bond acceptors (Lipinski definition) is 2. The van der Waals surface area contributed by atoms with Crippen molar-refractivity contribution in [3.05, 3.63) is 36.4 Å². The molecule has 0 spiro atoms. The van der Waals surface area contributed by atoms with Crippen molar-refractivity contribution in [2.45, 2.75) is 4.90 Å². The van der Waals surface area contributed by atoms with Crippen LogP contribution in [0.2, 0.25) is 0 Å². The van der Waals surface area contributed by atoms with Gasteiger partial charge in [-0.05, 0) is 16.8 Å². The van der Waals surface area contributed by atoms with Crippen molar-refractivity contribution >= 4 is 29.1 Å². The second-order valence-corrected chi connectivity index (χ2v) is 3.17. The largest absolute Gasteiger partial charge is 0.398 e. The molecule has 2 N–H and O–H groups in total. The Hall–Kier alpha value is -1.15. The topological polar surface area (TPSA) is 26.0 Å². The van der Waals surface area contributed by atoms with Crippen molar-refractivity contribution in [2.75, 3.05) is 5.73 Å². The summed E-state index contributed by atoms with van der Waals surface area (Å²) in [6.07, 6.45) is 0. The lowest BCUT2D eigenvalue weighted by atomic mass is 10.1. The molecule has 2 rings (SSSR count). The smallest absolute Gasteiger partial charge is 0.0456 e. The average molecular weight is 175 g/mol. The Morgan fingerprint density at radius 2 is 1.75 bits per heavy atom. The van der Waals surface area contributed by atoms with Crippen LogP contribution in [0.15, 0.2) is 41.3 Å². The van der Waals surface area contributed by atoms with E-state index in [0.717, 1.165) is 16.0 Å². The van der Waals surface area contributed by atoms with Crippen molar-refractivity contribution in [2.24, 2.45) is 0 Å². The number of rotatable bonds is 0. The van der Waals surface area contributed by atoms with Gasteiger partial charge in [-0.1, -0.05) is 30.3 Å². The molecule has 2 aromatic rings. The SMILES string of the molecule is Nc1ccc2ccccc2c1S. The normalized spacial score (nSPS) is 10.4. The molecule has 60 valence electrons. The fourth-order valence-electron chi connectivity index (χ4n) is 1.27. The van der Waals surface area contributed by atoms with Gasteiger partial charge in [-0.3, -0.25) is 0 Å². The van der Waals surface area contributed by atoms with E-state index in [1.807, 2.05) is 30.3 Å². The zero-order chi connectivity index (χ0) is 8.55. The van der Waals surface area contributed by atoms with Gasteiger partial charge in [-0.25, -0.2) is 0 Å². The lowest BCUT2D eigenvalue weighted by Crippen LogP contribution is -1.86. The molecule has 2 heteroatoms. The summed E-state index contributed by atoms with van der Waals surface area (Å²) in [6, 6.07) is 11.9. The second kappa shape index (κ2) is 2.72. The summed E-state index contributed by atoms with van der Waals surface area (Å²) < 4.78 is 0. The third-order valence-electron chi connectivity index (χ3n) is 1.93. The summed E-state index contributed by atoms with van der Waals surface area (Å²) in [5.41, 5.74) is 6.44. The van der Waals surface area contributed by atoms with E-state index in [2.05, 4.69) is 18.7 Å². The fraction of sp³-hybridized carbons (Fsp3) is 0. The van der Waals surface area contributed by atoms with Gasteiger partial charge in [0.1, 0.15) is 0 Å². The van der Waals surface area contributed by atoms with Crippen LogP contribution in [0.1, 0.15) is 0 Å². The summed E-state index contributed by atoms with van der Waals surface area (Å²) >= 11 is 4.34. The van der Waals surface area contributed by atoms with Crippen molar-refractivity contribution < 1.29 is 0 Å². The Morgan fingerprint density at radius 3 is 2.58 bits per heavy atom. The van der Waals surface area contributed by atoms with Crippen LogP contribution >= 0.6 is 12.6 Å². The number of nitrogen functional groups attached to an aromatic ring is 1. The van der Waals surface area contributed by atoms with Crippen LogP contribution < -0.4 is 5.73 Å². The first-order valence-electron chi connectivity index (χ1n) is 3.75. The van der Waals surface area contributed by atoms with Gasteiger partial charge in [0.2, 0.25) is 0 Å². The van der Waals surface area contributed by atoms with Crippen molar-refractivity contribution in [1.82, 2.24) is 0 Å². The Kier molecular flexibility index (Phi) is 1.70. The fourth-order valence-corrected chi connectivity index (χ4v) is 1.55. The minimum absolute atomic E-state index is 0.733. The first-order valence-corrected chi connectivity index (χ1v) is 4.20. The first-order chi connectivity index (χ1) is 5.79. The molecule has 0 fully saturated rings. The Labute approximate surface area is 76.6 Å². The monoisotopic (exact) mass is 175 g/mol. The van der Waals surface area contributed by atoms with Crippen LogP contribution in [0.4, 0.5) is 5.69 Å². The van der Waals surface area contributed by atoms with Gasteiger partial charge >= 0.3 is 0 Å². The van der Waals surface area contributed by atoms with Gasteiger partial charge in [0, 0.05) is 10.6 Å². The van der Waals surface area contributed by atoms with Gasteiger partial charge in [-0.15, -0.1) is 12.6 Å². The molecule has 0 heterocycles. The van der Waals surface area contributed by atoms with Crippen LogP contribution in [-0.2, 0) is 0 Å². The minimum atomic E-state index is 0.733. The maximum absolute atomic E-state index is 5.71. The molecule has 0 aromatic heterocycles. The summed E-state index contributed by atoms with van der Waals surface area (Å²) in [4.78, 5) is 0.869. The average Bonchev–Trinajstić information content (AvgIpc) is 2.12. The zero-order valence-corrected chi connectivity index (χ0v) is 7.38. The summed E-state index contributed by atoms with van der Waals surface area (Å²) in [5.74, 6) is 0. The van der Waals surface area contributed by atoms with Gasteiger partial charge in [0.15, 0.2) is 0 Å². The summed E-state index contributed by atoms with van der Waals surface area (Å²) in [7, 11) is 0. The van der Waals surface area contributed by atoms with Crippen LogP contribution in [-0.4, -0.2) is 0 Å². The molecule has 0 atom stereocenters. The summed E-state index contributed by atoms with van der Waals surface area (Å²) in [5, 5.41) is 2.29. The molecule has 1 nitrogen and oxygen atoms in total. The maximum Gasteiger partial charge on any atom is 0.0456 e. The molecular weight excluding hydrogens is 166 g/mol. The molecular formula is C10H9NS. The number of hydrogen-bond donors (Lipinski definition) is 2. The van der Waals surface area contributed by atoms with E-state index in [0.29, 0.717) is 0 Å². The summed E-state index contributed by atoms with van der Waals surface area (Å²) in [6.45, 7) is 0. The third kappa shape index (κ3) is 1.04. The van der Waals surface area contributed by atoms with Crippen molar-refractivity contribution in [3.8, 4) is 0 Å². The highest BCUT2D eigenvalue weighted by Crippen LogP contribution is 2.26. The van der Waals surface area contributed by atoms with E-state index in [9.17, 15) is 0 Å². The predicted octanol–water partition coefficient (Wildman–Crippen LogP) is 2.71. The van der Waals surface area contributed by atoms with E-state index in [1.165, 1.54) is 5.39 Å². The van der Waals surface area contributed by atoms with E-state index in [-0.39, 0.29) is 0 Å². The van der Waals surface area contributed by atoms with E-state index in [4.69, 9.17) is 5.73 Å². The number of fused-ring (bicyclic) bond motifs is 1. The number of nitrogens with two attached hydrogens (primary N) is 1. The van der Waals surface area contributed by atoms with Crippen LogP contribution in [0.3, 0.4) is 0 Å². The zero-order valence-electron chi connectivity index (χ0n) is 6.49. The number of anilines is 1. The van der Waals surface area contributed by atoms with Gasteiger partial charge in [0.25, 0.3) is 0 Å². The quantitative estimate of drug-likeness (QED) is 0.467. The molecule has 0 unspecified atom stereocenters. The van der Waals surface area contributed by atoms with Crippen molar-refractivity contribution in [3.63, 3.8) is 0 Å². The molecule has 0 bridgehead atoms. The third-order valence-corrected chi connectivity index (χ3v) is 2.43. The molecule has 2 aromatic carbocycles. The van der Waals surface area contributed by atoms with Gasteiger partial charge < -0.3 is 5.73 Å². The molecule has 0 radical (unpaired) electrons. The highest BCUT2D eigenvalue weighted by Gasteiger charge is 1.98.